The van der Waals surface area contributed by atoms with Crippen LogP contribution in [0.4, 0.5) is 8.78 Å². The lowest BCUT2D eigenvalue weighted by atomic mass is 10.3. The Kier molecular flexibility index (Phi) is 3.07. The summed E-state index contributed by atoms with van der Waals surface area (Å²) in [7, 11) is -4.25. The van der Waals surface area contributed by atoms with Gasteiger partial charge in [-0.05, 0) is 22.0 Å². The molecule has 0 spiro atoms. The predicted octanol–water partition coefficient (Wildman–Crippen LogP) is 1.31. The fourth-order valence-electron chi connectivity index (χ4n) is 0.693. The molecule has 1 aromatic rings. The molecule has 2 N–H and O–H groups in total. The van der Waals surface area contributed by atoms with Crippen LogP contribution in [-0.4, -0.2) is 8.42 Å². The fraction of sp³-hybridized carbons (Fsp3) is 0. The molecular weight excluding hydrogens is 284 g/mol. The molecule has 0 aromatic heterocycles. The monoisotopic (exact) mass is 287 g/mol. The molecule has 0 amide bonds. The Hall–Kier alpha value is -0.730. The van der Waals surface area contributed by atoms with Gasteiger partial charge in [-0.25, -0.2) is 8.78 Å². The van der Waals surface area contributed by atoms with E-state index in [1.54, 1.807) is 0 Å². The van der Waals surface area contributed by atoms with Gasteiger partial charge in [-0.1, -0.05) is 0 Å². The van der Waals surface area contributed by atoms with Gasteiger partial charge in [0.25, 0.3) is 0 Å². The fourth-order valence-corrected chi connectivity index (χ4v) is 1.59. The molecule has 1 rings (SSSR count). The zero-order chi connectivity index (χ0) is 10.9. The van der Waals surface area contributed by atoms with Crippen molar-refractivity contribution in [2.75, 3.05) is 0 Å². The van der Waals surface area contributed by atoms with Crippen LogP contribution in [0.1, 0.15) is 0 Å². The maximum Gasteiger partial charge on any atom is 0.380 e. The first-order valence-electron chi connectivity index (χ1n) is 3.16. The SMILES string of the molecule is NS(=O)(=O)Oc1cc(F)c(F)cc1Br. The summed E-state index contributed by atoms with van der Waals surface area (Å²) in [6.07, 6.45) is 0. The molecule has 8 heteroatoms. The average molecular weight is 288 g/mol. The van der Waals surface area contributed by atoms with Crippen molar-refractivity contribution in [2.24, 2.45) is 5.14 Å². The highest BCUT2D eigenvalue weighted by Gasteiger charge is 2.13. The number of rotatable bonds is 2. The van der Waals surface area contributed by atoms with Crippen LogP contribution in [0.2, 0.25) is 0 Å². The van der Waals surface area contributed by atoms with Crippen molar-refractivity contribution in [1.29, 1.82) is 0 Å². The summed E-state index contributed by atoms with van der Waals surface area (Å²) in [5, 5.41) is 4.54. The molecule has 0 saturated heterocycles. The van der Waals surface area contributed by atoms with Gasteiger partial charge in [-0.3, -0.25) is 0 Å². The average Bonchev–Trinajstić information content (AvgIpc) is 1.97. The second kappa shape index (κ2) is 3.79. The van der Waals surface area contributed by atoms with Crippen LogP contribution in [0.15, 0.2) is 16.6 Å². The van der Waals surface area contributed by atoms with E-state index in [0.29, 0.717) is 6.07 Å². The summed E-state index contributed by atoms with van der Waals surface area (Å²) >= 11 is 2.78. The van der Waals surface area contributed by atoms with Gasteiger partial charge in [-0.15, -0.1) is 0 Å². The lowest BCUT2D eigenvalue weighted by Gasteiger charge is -2.04. The predicted molar refractivity (Wildman–Crippen MR) is 47.8 cm³/mol. The van der Waals surface area contributed by atoms with Gasteiger partial charge in [0.1, 0.15) is 0 Å². The van der Waals surface area contributed by atoms with Crippen molar-refractivity contribution in [3.63, 3.8) is 0 Å². The highest BCUT2D eigenvalue weighted by molar-refractivity contribution is 9.10. The quantitative estimate of drug-likeness (QED) is 0.834. The minimum atomic E-state index is -4.25. The number of nitrogens with two attached hydrogens (primary N) is 1. The molecule has 0 fully saturated rings. The van der Waals surface area contributed by atoms with E-state index in [1.165, 1.54) is 0 Å². The lowest BCUT2D eigenvalue weighted by molar-refractivity contribution is 0.471. The molecule has 14 heavy (non-hydrogen) atoms. The summed E-state index contributed by atoms with van der Waals surface area (Å²) in [6, 6.07) is 1.31. The normalized spacial score (nSPS) is 11.4. The summed E-state index contributed by atoms with van der Waals surface area (Å²) < 4.78 is 50.2. The van der Waals surface area contributed by atoms with Crippen LogP contribution in [0, 0.1) is 11.6 Å². The Morgan fingerprint density at radius 2 is 1.79 bits per heavy atom. The van der Waals surface area contributed by atoms with Gasteiger partial charge in [0.05, 0.1) is 4.47 Å². The number of hydrogen-bond acceptors (Lipinski definition) is 3. The standard InChI is InChI=1S/C6H4BrF2NO3S/c7-3-1-4(8)5(9)2-6(3)13-14(10,11)12/h1-2H,(H2,10,11,12). The van der Waals surface area contributed by atoms with E-state index in [0.717, 1.165) is 6.07 Å². The number of hydrogen-bond donors (Lipinski definition) is 1. The molecule has 1 aromatic carbocycles. The summed E-state index contributed by atoms with van der Waals surface area (Å²) in [5.74, 6) is -2.77. The van der Waals surface area contributed by atoms with Crippen molar-refractivity contribution < 1.29 is 21.4 Å². The third-order valence-electron chi connectivity index (χ3n) is 1.18. The Morgan fingerprint density at radius 3 is 2.29 bits per heavy atom. The molecule has 0 atom stereocenters. The van der Waals surface area contributed by atoms with E-state index >= 15 is 0 Å². The van der Waals surface area contributed by atoms with Gasteiger partial charge in [0.2, 0.25) is 0 Å². The van der Waals surface area contributed by atoms with Gasteiger partial charge >= 0.3 is 10.3 Å². The van der Waals surface area contributed by atoms with Crippen molar-refractivity contribution in [3.8, 4) is 5.75 Å². The van der Waals surface area contributed by atoms with Gasteiger partial charge in [-0.2, -0.15) is 13.6 Å². The first-order chi connectivity index (χ1) is 6.29. The Morgan fingerprint density at radius 1 is 1.29 bits per heavy atom. The van der Waals surface area contributed by atoms with Crippen molar-refractivity contribution in [2.45, 2.75) is 0 Å². The van der Waals surface area contributed by atoms with Crippen LogP contribution < -0.4 is 9.32 Å². The molecule has 0 saturated carbocycles. The molecule has 0 heterocycles. The zero-order valence-corrected chi connectivity index (χ0v) is 8.90. The van der Waals surface area contributed by atoms with Crippen molar-refractivity contribution in [3.05, 3.63) is 28.2 Å². The first kappa shape index (κ1) is 11.3. The second-order valence-corrected chi connectivity index (χ2v) is 4.28. The maximum absolute atomic E-state index is 12.6. The molecule has 0 aliphatic heterocycles. The molecule has 0 aliphatic carbocycles. The van der Waals surface area contributed by atoms with Crippen molar-refractivity contribution in [1.82, 2.24) is 0 Å². The molecule has 4 nitrogen and oxygen atoms in total. The number of benzene rings is 1. The van der Waals surface area contributed by atoms with E-state index in [9.17, 15) is 17.2 Å². The molecule has 78 valence electrons. The van der Waals surface area contributed by atoms with E-state index < -0.39 is 27.7 Å². The number of halogens is 3. The lowest BCUT2D eigenvalue weighted by Crippen LogP contribution is -2.19. The van der Waals surface area contributed by atoms with Crippen LogP contribution in [0.3, 0.4) is 0 Å². The van der Waals surface area contributed by atoms with E-state index in [4.69, 9.17) is 0 Å². The highest BCUT2D eigenvalue weighted by Crippen LogP contribution is 2.28. The Balaban J connectivity index is 3.17. The topological polar surface area (TPSA) is 69.4 Å². The second-order valence-electron chi connectivity index (χ2n) is 2.27. The Bertz CT molecular complexity index is 462. The minimum absolute atomic E-state index is 0.0505. The van der Waals surface area contributed by atoms with Crippen LogP contribution in [0.25, 0.3) is 0 Å². The zero-order valence-electron chi connectivity index (χ0n) is 6.50. The largest absolute Gasteiger partial charge is 0.380 e. The van der Waals surface area contributed by atoms with Gasteiger partial charge in [0.15, 0.2) is 17.4 Å². The summed E-state index contributed by atoms with van der Waals surface area (Å²) in [5.41, 5.74) is 0. The molecular formula is C6H4BrF2NO3S. The molecule has 0 radical (unpaired) electrons. The highest BCUT2D eigenvalue weighted by atomic mass is 79.9. The third kappa shape index (κ3) is 2.89. The van der Waals surface area contributed by atoms with Crippen molar-refractivity contribution >= 4 is 26.2 Å². The van der Waals surface area contributed by atoms with Crippen LogP contribution in [-0.2, 0) is 10.3 Å². The Labute approximate surface area is 87.1 Å². The van der Waals surface area contributed by atoms with E-state index in [2.05, 4.69) is 25.3 Å². The van der Waals surface area contributed by atoms with E-state index in [1.807, 2.05) is 0 Å². The smallest absolute Gasteiger partial charge is 0.370 e. The summed E-state index contributed by atoms with van der Waals surface area (Å²) in [4.78, 5) is 0. The van der Waals surface area contributed by atoms with Gasteiger partial charge < -0.3 is 4.18 Å². The van der Waals surface area contributed by atoms with Crippen LogP contribution in [0.5, 0.6) is 5.75 Å². The first-order valence-corrected chi connectivity index (χ1v) is 5.43. The molecule has 0 unspecified atom stereocenters. The molecule has 0 bridgehead atoms. The summed E-state index contributed by atoms with van der Waals surface area (Å²) in [6.45, 7) is 0. The minimum Gasteiger partial charge on any atom is -0.370 e. The maximum atomic E-state index is 12.6. The molecule has 0 aliphatic rings. The van der Waals surface area contributed by atoms with E-state index in [-0.39, 0.29) is 4.47 Å². The van der Waals surface area contributed by atoms with Crippen LogP contribution >= 0.6 is 15.9 Å². The van der Waals surface area contributed by atoms with Gasteiger partial charge in [0, 0.05) is 6.07 Å². The third-order valence-corrected chi connectivity index (χ3v) is 2.21.